The van der Waals surface area contributed by atoms with E-state index in [1.165, 1.54) is 25.7 Å². The van der Waals surface area contributed by atoms with Gasteiger partial charge in [-0.3, -0.25) is 0 Å². The predicted octanol–water partition coefficient (Wildman–Crippen LogP) is 4.22. The lowest BCUT2D eigenvalue weighted by Gasteiger charge is -2.24. The normalized spacial score (nSPS) is 29.7. The first kappa shape index (κ1) is 19.0. The molecule has 1 aromatic carbocycles. The van der Waals surface area contributed by atoms with E-state index in [-0.39, 0.29) is 24.0 Å². The predicted molar refractivity (Wildman–Crippen MR) is 101 cm³/mol. The van der Waals surface area contributed by atoms with Gasteiger partial charge in [0.05, 0.1) is 6.10 Å². The fourth-order valence-corrected chi connectivity index (χ4v) is 4.57. The Morgan fingerprint density at radius 2 is 2.23 bits per heavy atom. The largest absolute Gasteiger partial charge is 0.482 e. The van der Waals surface area contributed by atoms with E-state index in [4.69, 9.17) is 9.84 Å². The molecule has 0 aromatic heterocycles. The molecule has 2 unspecified atom stereocenters. The summed E-state index contributed by atoms with van der Waals surface area (Å²) in [5.41, 5.74) is 1.27. The summed E-state index contributed by atoms with van der Waals surface area (Å²) in [5.74, 6) is 0.463. The third-order valence-corrected chi connectivity index (χ3v) is 6.00. The molecule has 2 N–H and O–H groups in total. The molecule has 3 rings (SSSR count). The average Bonchev–Trinajstić information content (AvgIpc) is 3.24. The van der Waals surface area contributed by atoms with Gasteiger partial charge < -0.3 is 14.9 Å². The Hall–Kier alpha value is -1.81. The van der Waals surface area contributed by atoms with E-state index in [0.717, 1.165) is 24.8 Å². The molecular weight excluding hydrogens is 328 g/mol. The lowest BCUT2D eigenvalue weighted by molar-refractivity contribution is -0.139. The van der Waals surface area contributed by atoms with Crippen LogP contribution in [0.4, 0.5) is 0 Å². The molecule has 0 amide bonds. The lowest BCUT2D eigenvalue weighted by atomic mass is 9.83. The van der Waals surface area contributed by atoms with E-state index < -0.39 is 5.97 Å². The van der Waals surface area contributed by atoms with E-state index in [2.05, 4.69) is 19.1 Å². The zero-order valence-electron chi connectivity index (χ0n) is 15.6. The van der Waals surface area contributed by atoms with Crippen LogP contribution in [0.25, 0.3) is 0 Å². The van der Waals surface area contributed by atoms with Gasteiger partial charge in [0, 0.05) is 0 Å². The molecule has 0 heterocycles. The van der Waals surface area contributed by atoms with Crippen molar-refractivity contribution in [2.75, 3.05) is 6.61 Å². The summed E-state index contributed by atoms with van der Waals surface area (Å²) in [5, 5.41) is 19.3. The van der Waals surface area contributed by atoms with Crippen molar-refractivity contribution in [1.29, 1.82) is 0 Å². The number of hydrogen-bond acceptors (Lipinski definition) is 3. The number of unbranched alkanes of at least 4 members (excludes halogenated alkanes) is 3. The minimum absolute atomic E-state index is 0.170. The molecule has 0 spiro atoms. The van der Waals surface area contributed by atoms with E-state index in [1.807, 2.05) is 18.2 Å². The highest BCUT2D eigenvalue weighted by atomic mass is 16.5. The summed E-state index contributed by atoms with van der Waals surface area (Å²) in [6, 6.07) is 7.62. The van der Waals surface area contributed by atoms with Crippen molar-refractivity contribution in [2.24, 2.45) is 17.3 Å². The molecule has 142 valence electrons. The number of carbonyl (C=O) groups is 1. The van der Waals surface area contributed by atoms with E-state index in [9.17, 15) is 9.90 Å². The number of ether oxygens (including phenoxy) is 1. The molecule has 4 atom stereocenters. The molecule has 0 radical (unpaired) electrons. The number of aliphatic hydroxyl groups is 1. The van der Waals surface area contributed by atoms with Gasteiger partial charge in [0.25, 0.3) is 0 Å². The minimum atomic E-state index is -0.977. The molecule has 0 aliphatic heterocycles. The summed E-state index contributed by atoms with van der Waals surface area (Å²) in [6.07, 6.45) is 12.2. The van der Waals surface area contributed by atoms with Crippen LogP contribution in [-0.2, 0) is 11.2 Å². The van der Waals surface area contributed by atoms with Crippen LogP contribution in [-0.4, -0.2) is 28.9 Å². The fourth-order valence-electron chi connectivity index (χ4n) is 4.57. The zero-order chi connectivity index (χ0) is 18.6. The van der Waals surface area contributed by atoms with Gasteiger partial charge in [-0.05, 0) is 67.1 Å². The van der Waals surface area contributed by atoms with Crippen LogP contribution in [0.2, 0.25) is 0 Å². The van der Waals surface area contributed by atoms with Gasteiger partial charge in [0.1, 0.15) is 5.75 Å². The standard InChI is InChI=1S/C22H30O4/c1-2-3-4-5-6-10-22-14-17(22)13-20(23)19(22)12-16-8-7-9-18(11-16)26-15-21(24)25/h6-11,17,19-20,23H,2-5,12-15H2,1H3,(H,24,25)/t17-,19?,20?,22+/m0/s1. The van der Waals surface area contributed by atoms with Gasteiger partial charge in [-0.15, -0.1) is 0 Å². The monoisotopic (exact) mass is 358 g/mol. The Balaban J connectivity index is 1.64. The van der Waals surface area contributed by atoms with E-state index in [1.54, 1.807) is 6.07 Å². The van der Waals surface area contributed by atoms with Crippen molar-refractivity contribution in [1.82, 2.24) is 0 Å². The van der Waals surface area contributed by atoms with Crippen LogP contribution in [0.15, 0.2) is 36.4 Å². The highest BCUT2D eigenvalue weighted by Crippen LogP contribution is 2.68. The number of carboxylic acids is 1. The molecule has 0 saturated heterocycles. The van der Waals surface area contributed by atoms with Crippen LogP contribution in [0, 0.1) is 17.3 Å². The van der Waals surface area contributed by atoms with Gasteiger partial charge in [0.15, 0.2) is 6.61 Å². The maximum Gasteiger partial charge on any atom is 0.341 e. The minimum Gasteiger partial charge on any atom is -0.482 e. The fraction of sp³-hybridized carbons (Fsp3) is 0.591. The highest BCUT2D eigenvalue weighted by Gasteiger charge is 2.64. The lowest BCUT2D eigenvalue weighted by Crippen LogP contribution is -2.25. The van der Waals surface area contributed by atoms with Crippen LogP contribution in [0.1, 0.15) is 51.0 Å². The molecule has 2 fully saturated rings. The van der Waals surface area contributed by atoms with Gasteiger partial charge in [-0.2, -0.15) is 0 Å². The van der Waals surface area contributed by atoms with Crippen LogP contribution in [0.5, 0.6) is 5.75 Å². The first-order chi connectivity index (χ1) is 12.5. The van der Waals surface area contributed by atoms with Crippen molar-refractivity contribution >= 4 is 5.97 Å². The van der Waals surface area contributed by atoms with Crippen molar-refractivity contribution in [3.63, 3.8) is 0 Å². The smallest absolute Gasteiger partial charge is 0.341 e. The topological polar surface area (TPSA) is 66.8 Å². The Labute approximate surface area is 155 Å². The van der Waals surface area contributed by atoms with Crippen LogP contribution >= 0.6 is 0 Å². The molecule has 4 nitrogen and oxygen atoms in total. The molecule has 4 heteroatoms. The van der Waals surface area contributed by atoms with Gasteiger partial charge in [-0.1, -0.05) is 44.1 Å². The first-order valence-corrected chi connectivity index (χ1v) is 9.84. The second kappa shape index (κ2) is 8.26. The molecule has 0 bridgehead atoms. The number of benzene rings is 1. The van der Waals surface area contributed by atoms with Crippen molar-refractivity contribution in [2.45, 2.75) is 58.0 Å². The summed E-state index contributed by atoms with van der Waals surface area (Å²) in [6.45, 7) is 1.89. The van der Waals surface area contributed by atoms with Crippen LogP contribution in [0.3, 0.4) is 0 Å². The Kier molecular flexibility index (Phi) is 6.02. The third kappa shape index (κ3) is 4.29. The Bertz CT molecular complexity index is 653. The van der Waals surface area contributed by atoms with Crippen molar-refractivity contribution in [3.8, 4) is 5.75 Å². The van der Waals surface area contributed by atoms with Gasteiger partial charge >= 0.3 is 5.97 Å². The molecular formula is C22H30O4. The number of allylic oxidation sites excluding steroid dienone is 2. The zero-order valence-corrected chi connectivity index (χ0v) is 15.6. The number of fused-ring (bicyclic) bond motifs is 1. The summed E-state index contributed by atoms with van der Waals surface area (Å²) >= 11 is 0. The number of carboxylic acid groups (broad SMARTS) is 1. The summed E-state index contributed by atoms with van der Waals surface area (Å²) < 4.78 is 5.29. The maximum absolute atomic E-state index is 10.7. The average molecular weight is 358 g/mol. The van der Waals surface area contributed by atoms with Gasteiger partial charge in [0.2, 0.25) is 0 Å². The summed E-state index contributed by atoms with van der Waals surface area (Å²) in [7, 11) is 0. The van der Waals surface area contributed by atoms with Gasteiger partial charge in [-0.25, -0.2) is 4.79 Å². The number of hydrogen-bond donors (Lipinski definition) is 2. The van der Waals surface area contributed by atoms with E-state index >= 15 is 0 Å². The number of aliphatic carboxylic acids is 1. The van der Waals surface area contributed by atoms with E-state index in [0.29, 0.717) is 11.7 Å². The number of aliphatic hydroxyl groups excluding tert-OH is 1. The highest BCUT2D eigenvalue weighted by molar-refractivity contribution is 5.68. The Morgan fingerprint density at radius 1 is 1.38 bits per heavy atom. The first-order valence-electron chi connectivity index (χ1n) is 9.84. The quantitative estimate of drug-likeness (QED) is 0.485. The molecule has 2 aliphatic rings. The SMILES string of the molecule is CCCCCC=C[C@@]12C[C@@H]1CC(O)C2Cc1cccc(OCC(=O)O)c1. The molecule has 2 aliphatic carbocycles. The van der Waals surface area contributed by atoms with Crippen molar-refractivity contribution < 1.29 is 19.7 Å². The second-order valence-corrected chi connectivity index (χ2v) is 7.86. The van der Waals surface area contributed by atoms with Crippen LogP contribution < -0.4 is 4.74 Å². The number of rotatable bonds is 10. The second-order valence-electron chi connectivity index (χ2n) is 7.86. The third-order valence-electron chi connectivity index (χ3n) is 6.00. The summed E-state index contributed by atoms with van der Waals surface area (Å²) in [4.78, 5) is 10.7. The molecule has 26 heavy (non-hydrogen) atoms. The molecule has 1 aromatic rings. The van der Waals surface area contributed by atoms with Crippen molar-refractivity contribution in [3.05, 3.63) is 42.0 Å². The molecule has 2 saturated carbocycles. The Morgan fingerprint density at radius 3 is 3.00 bits per heavy atom. The maximum atomic E-state index is 10.7.